The molecule has 0 bridgehead atoms. The monoisotopic (exact) mass is 261 g/mol. The minimum atomic E-state index is -0.459. The van der Waals surface area contributed by atoms with Crippen LogP contribution in [0, 0.1) is 6.92 Å². The molecule has 0 radical (unpaired) electrons. The summed E-state index contributed by atoms with van der Waals surface area (Å²) >= 11 is 0. The predicted octanol–water partition coefficient (Wildman–Crippen LogP) is 1.39. The summed E-state index contributed by atoms with van der Waals surface area (Å²) in [5.74, 6) is -0.0959. The lowest BCUT2D eigenvalue weighted by Crippen LogP contribution is -2.20. The number of aromatic amines is 1. The predicted molar refractivity (Wildman–Crippen MR) is 68.5 cm³/mol. The van der Waals surface area contributed by atoms with Crippen LogP contribution in [0.2, 0.25) is 0 Å². The van der Waals surface area contributed by atoms with E-state index in [4.69, 9.17) is 4.74 Å². The number of carbonyl (C=O) groups is 1. The molecule has 19 heavy (non-hydrogen) atoms. The lowest BCUT2D eigenvalue weighted by molar-refractivity contribution is 0.0528. The van der Waals surface area contributed by atoms with E-state index in [0.717, 1.165) is 18.5 Å². The van der Waals surface area contributed by atoms with Crippen molar-refractivity contribution in [3.63, 3.8) is 0 Å². The smallest absolute Gasteiger partial charge is 0.343 e. The van der Waals surface area contributed by atoms with Crippen molar-refractivity contribution in [3.05, 3.63) is 33.4 Å². The Hall–Kier alpha value is -2.11. The second kappa shape index (κ2) is 4.22. The van der Waals surface area contributed by atoms with E-state index in [1.165, 1.54) is 10.7 Å². The molecule has 1 aliphatic rings. The maximum atomic E-state index is 12.2. The quantitative estimate of drug-likeness (QED) is 0.847. The maximum absolute atomic E-state index is 12.2. The van der Waals surface area contributed by atoms with E-state index in [1.54, 1.807) is 13.8 Å². The molecule has 6 heteroatoms. The number of hydrogen-bond acceptors (Lipinski definition) is 4. The van der Waals surface area contributed by atoms with E-state index in [1.807, 2.05) is 0 Å². The standard InChI is InChI=1S/C13H15N3O3/c1-3-19-13(18)9-6-14-16-11(9)15-10(8-4-5-8)7(2)12(16)17/h6,8,14H,3-5H2,1-2H3. The minimum absolute atomic E-state index is 0.151. The van der Waals surface area contributed by atoms with Crippen LogP contribution >= 0.6 is 0 Å². The summed E-state index contributed by atoms with van der Waals surface area (Å²) in [7, 11) is 0. The van der Waals surface area contributed by atoms with Crippen LogP contribution in [0.4, 0.5) is 0 Å². The van der Waals surface area contributed by atoms with Gasteiger partial charge >= 0.3 is 5.97 Å². The first-order valence-corrected chi connectivity index (χ1v) is 6.41. The molecule has 0 unspecified atom stereocenters. The van der Waals surface area contributed by atoms with Crippen LogP contribution in [0.3, 0.4) is 0 Å². The fraction of sp³-hybridized carbons (Fsp3) is 0.462. The number of ether oxygens (including phenoxy) is 1. The first-order chi connectivity index (χ1) is 9.13. The Morgan fingerprint density at radius 2 is 2.32 bits per heavy atom. The summed E-state index contributed by atoms with van der Waals surface area (Å²) < 4.78 is 6.27. The molecule has 6 nitrogen and oxygen atoms in total. The first kappa shape index (κ1) is 12.0. The lowest BCUT2D eigenvalue weighted by Gasteiger charge is -2.04. The number of nitrogens with one attached hydrogen (secondary N) is 1. The molecule has 3 rings (SSSR count). The number of aromatic nitrogens is 3. The molecule has 0 saturated heterocycles. The summed E-state index contributed by atoms with van der Waals surface area (Å²) in [6.45, 7) is 3.81. The molecule has 0 atom stereocenters. The number of nitrogens with zero attached hydrogens (tertiary/aromatic N) is 2. The van der Waals surface area contributed by atoms with Crippen molar-refractivity contribution in [2.24, 2.45) is 0 Å². The second-order valence-electron chi connectivity index (χ2n) is 4.77. The fourth-order valence-corrected chi connectivity index (χ4v) is 2.23. The molecule has 2 aromatic rings. The maximum Gasteiger partial charge on any atom is 0.343 e. The molecule has 0 aromatic carbocycles. The Balaban J connectivity index is 2.21. The van der Waals surface area contributed by atoms with E-state index in [0.29, 0.717) is 29.3 Å². The molecule has 0 aliphatic heterocycles. The molecule has 1 N–H and O–H groups in total. The third kappa shape index (κ3) is 1.83. The highest BCUT2D eigenvalue weighted by molar-refractivity contribution is 5.95. The van der Waals surface area contributed by atoms with Gasteiger partial charge in [-0.05, 0) is 26.7 Å². The Labute approximate surface area is 109 Å². The highest BCUT2D eigenvalue weighted by atomic mass is 16.5. The summed E-state index contributed by atoms with van der Waals surface area (Å²) in [6, 6.07) is 0. The second-order valence-corrected chi connectivity index (χ2v) is 4.77. The van der Waals surface area contributed by atoms with Crippen LogP contribution in [0.15, 0.2) is 11.0 Å². The molecule has 1 aliphatic carbocycles. The van der Waals surface area contributed by atoms with Gasteiger partial charge in [0, 0.05) is 17.7 Å². The number of hydrogen-bond donors (Lipinski definition) is 1. The summed E-state index contributed by atoms with van der Waals surface area (Å²) in [5.41, 5.74) is 1.98. The van der Waals surface area contributed by atoms with Gasteiger partial charge in [-0.25, -0.2) is 14.3 Å². The number of fused-ring (bicyclic) bond motifs is 1. The van der Waals surface area contributed by atoms with E-state index in [2.05, 4.69) is 10.1 Å². The van der Waals surface area contributed by atoms with E-state index in [-0.39, 0.29) is 5.56 Å². The van der Waals surface area contributed by atoms with Crippen molar-refractivity contribution in [1.29, 1.82) is 0 Å². The van der Waals surface area contributed by atoms with Gasteiger partial charge in [-0.2, -0.15) is 0 Å². The largest absolute Gasteiger partial charge is 0.462 e. The van der Waals surface area contributed by atoms with Gasteiger partial charge in [0.25, 0.3) is 5.56 Å². The van der Waals surface area contributed by atoms with Crippen molar-refractivity contribution < 1.29 is 9.53 Å². The van der Waals surface area contributed by atoms with Crippen LogP contribution in [0.5, 0.6) is 0 Å². The van der Waals surface area contributed by atoms with E-state index >= 15 is 0 Å². The van der Waals surface area contributed by atoms with Gasteiger partial charge in [-0.1, -0.05) is 0 Å². The Bertz CT molecular complexity index is 710. The highest BCUT2D eigenvalue weighted by Gasteiger charge is 2.29. The normalized spacial score (nSPS) is 14.8. The number of H-pyrrole nitrogens is 1. The molecule has 2 heterocycles. The van der Waals surface area contributed by atoms with Gasteiger partial charge in [0.15, 0.2) is 5.65 Å². The molecule has 1 saturated carbocycles. The third-order valence-corrected chi connectivity index (χ3v) is 3.38. The average Bonchev–Trinajstić information content (AvgIpc) is 3.13. The number of rotatable bonds is 3. The SMILES string of the molecule is CCOC(=O)c1c[nH]n2c(=O)c(C)c(C3CC3)nc12. The zero-order valence-electron chi connectivity index (χ0n) is 10.9. The Morgan fingerprint density at radius 1 is 1.58 bits per heavy atom. The van der Waals surface area contributed by atoms with Crippen LogP contribution in [0.25, 0.3) is 5.65 Å². The van der Waals surface area contributed by atoms with Gasteiger partial charge in [-0.15, -0.1) is 0 Å². The lowest BCUT2D eigenvalue weighted by atomic mass is 10.2. The first-order valence-electron chi connectivity index (χ1n) is 6.41. The van der Waals surface area contributed by atoms with Gasteiger partial charge < -0.3 is 4.74 Å². The molecule has 1 fully saturated rings. The van der Waals surface area contributed by atoms with Crippen LogP contribution in [-0.4, -0.2) is 27.2 Å². The van der Waals surface area contributed by atoms with E-state index in [9.17, 15) is 9.59 Å². The summed E-state index contributed by atoms with van der Waals surface area (Å²) in [5, 5.41) is 2.76. The van der Waals surface area contributed by atoms with Crippen LogP contribution < -0.4 is 5.56 Å². The minimum Gasteiger partial charge on any atom is -0.462 e. The molecule has 2 aromatic heterocycles. The summed E-state index contributed by atoms with van der Waals surface area (Å²) in [6.07, 6.45) is 3.59. The van der Waals surface area contributed by atoms with Crippen LogP contribution in [-0.2, 0) is 4.74 Å². The van der Waals surface area contributed by atoms with Gasteiger partial charge in [0.2, 0.25) is 0 Å². The molecule has 100 valence electrons. The zero-order valence-corrected chi connectivity index (χ0v) is 10.9. The molecular formula is C13H15N3O3. The van der Waals surface area contributed by atoms with Gasteiger partial charge in [-0.3, -0.25) is 9.89 Å². The van der Waals surface area contributed by atoms with Crippen molar-refractivity contribution in [1.82, 2.24) is 14.6 Å². The van der Waals surface area contributed by atoms with Gasteiger partial charge in [0.1, 0.15) is 5.56 Å². The Kier molecular flexibility index (Phi) is 2.66. The van der Waals surface area contributed by atoms with Crippen molar-refractivity contribution in [3.8, 4) is 0 Å². The Morgan fingerprint density at radius 3 is 2.95 bits per heavy atom. The molecule has 0 spiro atoms. The highest BCUT2D eigenvalue weighted by Crippen LogP contribution is 2.39. The number of carbonyl (C=O) groups excluding carboxylic acids is 1. The third-order valence-electron chi connectivity index (χ3n) is 3.38. The number of esters is 1. The summed E-state index contributed by atoms with van der Waals surface area (Å²) in [4.78, 5) is 28.5. The molecule has 0 amide bonds. The topological polar surface area (TPSA) is 76.5 Å². The van der Waals surface area contributed by atoms with Crippen LogP contribution in [0.1, 0.15) is 47.3 Å². The van der Waals surface area contributed by atoms with E-state index < -0.39 is 5.97 Å². The average molecular weight is 261 g/mol. The zero-order chi connectivity index (χ0) is 13.6. The fourth-order valence-electron chi connectivity index (χ4n) is 2.23. The van der Waals surface area contributed by atoms with Crippen molar-refractivity contribution in [2.75, 3.05) is 6.61 Å². The van der Waals surface area contributed by atoms with Crippen molar-refractivity contribution in [2.45, 2.75) is 32.6 Å². The van der Waals surface area contributed by atoms with Crippen molar-refractivity contribution >= 4 is 11.6 Å². The van der Waals surface area contributed by atoms with Gasteiger partial charge in [0.05, 0.1) is 12.3 Å². The molecular weight excluding hydrogens is 246 g/mol.